The first-order valence-corrected chi connectivity index (χ1v) is 8.31. The van der Waals surface area contributed by atoms with Crippen LogP contribution in [0.4, 0.5) is 19.1 Å². The number of anilines is 1. The largest absolute Gasteiger partial charge is 0.433 e. The van der Waals surface area contributed by atoms with Gasteiger partial charge >= 0.3 is 6.18 Å². The average molecular weight is 356 g/mol. The van der Waals surface area contributed by atoms with Gasteiger partial charge in [0.05, 0.1) is 4.88 Å². The van der Waals surface area contributed by atoms with Crippen molar-refractivity contribution in [3.8, 4) is 0 Å². The lowest BCUT2D eigenvalue weighted by Crippen LogP contribution is -2.35. The van der Waals surface area contributed by atoms with Gasteiger partial charge in [0.25, 0.3) is 5.91 Å². The van der Waals surface area contributed by atoms with Gasteiger partial charge in [-0.05, 0) is 23.9 Å². The van der Waals surface area contributed by atoms with Crippen molar-refractivity contribution in [1.82, 2.24) is 14.9 Å². The third-order valence-corrected chi connectivity index (χ3v) is 4.59. The van der Waals surface area contributed by atoms with Gasteiger partial charge < -0.3 is 9.80 Å². The molecule has 2 aromatic rings. The Balaban J connectivity index is 1.71. The molecule has 3 heterocycles. The molecule has 0 saturated carbocycles. The van der Waals surface area contributed by atoms with Gasteiger partial charge in [0.1, 0.15) is 5.69 Å². The van der Waals surface area contributed by atoms with Crippen molar-refractivity contribution < 1.29 is 18.0 Å². The number of nitrogens with zero attached hydrogens (tertiary/aromatic N) is 4. The van der Waals surface area contributed by atoms with E-state index in [2.05, 4.69) is 9.97 Å². The maximum atomic E-state index is 12.8. The van der Waals surface area contributed by atoms with Crippen molar-refractivity contribution >= 4 is 23.2 Å². The van der Waals surface area contributed by atoms with Crippen LogP contribution in [0.15, 0.2) is 29.8 Å². The van der Waals surface area contributed by atoms with Gasteiger partial charge in [0.15, 0.2) is 0 Å². The summed E-state index contributed by atoms with van der Waals surface area (Å²) in [7, 11) is 0. The van der Waals surface area contributed by atoms with E-state index in [4.69, 9.17) is 0 Å². The van der Waals surface area contributed by atoms with Crippen LogP contribution in [0, 0.1) is 0 Å². The van der Waals surface area contributed by atoms with Gasteiger partial charge in [0, 0.05) is 32.4 Å². The number of aromatic nitrogens is 2. The summed E-state index contributed by atoms with van der Waals surface area (Å²) in [6, 6.07) is 4.44. The molecule has 0 spiro atoms. The summed E-state index contributed by atoms with van der Waals surface area (Å²) in [4.78, 5) is 24.0. The SMILES string of the molecule is O=C(c1cccs1)N1CCCN(c2nccc(C(F)(F)F)n2)CC1. The molecule has 1 fully saturated rings. The zero-order chi connectivity index (χ0) is 17.2. The van der Waals surface area contributed by atoms with E-state index in [1.807, 2.05) is 11.4 Å². The highest BCUT2D eigenvalue weighted by Gasteiger charge is 2.33. The zero-order valence-corrected chi connectivity index (χ0v) is 13.5. The van der Waals surface area contributed by atoms with E-state index in [1.165, 1.54) is 11.3 Å². The molecule has 1 amide bonds. The molecule has 5 nitrogen and oxygen atoms in total. The van der Waals surface area contributed by atoms with Crippen molar-refractivity contribution in [2.45, 2.75) is 12.6 Å². The number of hydrogen-bond acceptors (Lipinski definition) is 5. The van der Waals surface area contributed by atoms with Gasteiger partial charge in [-0.2, -0.15) is 13.2 Å². The first-order chi connectivity index (χ1) is 11.4. The monoisotopic (exact) mass is 356 g/mol. The number of rotatable bonds is 2. The van der Waals surface area contributed by atoms with Crippen LogP contribution in [0.3, 0.4) is 0 Å². The smallest absolute Gasteiger partial charge is 0.339 e. The lowest BCUT2D eigenvalue weighted by atomic mass is 10.3. The molecular formula is C15H15F3N4OS. The fourth-order valence-electron chi connectivity index (χ4n) is 2.54. The summed E-state index contributed by atoms with van der Waals surface area (Å²) < 4.78 is 38.3. The highest BCUT2D eigenvalue weighted by Crippen LogP contribution is 2.28. The Bertz CT molecular complexity index is 705. The Morgan fingerprint density at radius 1 is 1.17 bits per heavy atom. The van der Waals surface area contributed by atoms with Gasteiger partial charge in [-0.25, -0.2) is 9.97 Å². The molecule has 0 unspecified atom stereocenters. The number of amides is 1. The molecule has 0 N–H and O–H groups in total. The lowest BCUT2D eigenvalue weighted by molar-refractivity contribution is -0.141. The first kappa shape index (κ1) is 16.7. The van der Waals surface area contributed by atoms with Crippen LogP contribution in [0.5, 0.6) is 0 Å². The van der Waals surface area contributed by atoms with Crippen molar-refractivity contribution in [1.29, 1.82) is 0 Å². The molecule has 0 aliphatic carbocycles. The summed E-state index contributed by atoms with van der Waals surface area (Å²) in [6.07, 6.45) is -2.73. The Labute approximate surface area is 140 Å². The van der Waals surface area contributed by atoms with E-state index in [0.29, 0.717) is 37.5 Å². The normalized spacial score (nSPS) is 16.1. The summed E-state index contributed by atoms with van der Waals surface area (Å²) in [5, 5.41) is 1.84. The molecule has 128 valence electrons. The summed E-state index contributed by atoms with van der Waals surface area (Å²) in [6.45, 7) is 1.90. The Morgan fingerprint density at radius 2 is 2.00 bits per heavy atom. The fraction of sp³-hybridized carbons (Fsp3) is 0.400. The standard InChI is InChI=1S/C15H15F3N4OS/c16-15(17,18)12-4-5-19-14(20-12)22-7-2-6-21(8-9-22)13(23)11-3-1-10-24-11/h1,3-5,10H,2,6-9H2. The predicted molar refractivity (Wildman–Crippen MR) is 84.1 cm³/mol. The molecule has 0 aromatic carbocycles. The van der Waals surface area contributed by atoms with Crippen molar-refractivity contribution in [2.75, 3.05) is 31.1 Å². The topological polar surface area (TPSA) is 49.3 Å². The van der Waals surface area contributed by atoms with Crippen molar-refractivity contribution in [3.63, 3.8) is 0 Å². The van der Waals surface area contributed by atoms with Crippen molar-refractivity contribution in [2.24, 2.45) is 0 Å². The van der Waals surface area contributed by atoms with Gasteiger partial charge in [0.2, 0.25) is 5.95 Å². The maximum Gasteiger partial charge on any atom is 0.433 e. The van der Waals surface area contributed by atoms with E-state index >= 15 is 0 Å². The van der Waals surface area contributed by atoms with Crippen LogP contribution in [-0.4, -0.2) is 47.0 Å². The van der Waals surface area contributed by atoms with Crippen LogP contribution in [0.2, 0.25) is 0 Å². The van der Waals surface area contributed by atoms with Crippen LogP contribution < -0.4 is 4.90 Å². The third kappa shape index (κ3) is 3.66. The second-order valence-electron chi connectivity index (χ2n) is 5.35. The van der Waals surface area contributed by atoms with E-state index in [0.717, 1.165) is 12.3 Å². The Morgan fingerprint density at radius 3 is 2.71 bits per heavy atom. The number of carbonyl (C=O) groups excluding carboxylic acids is 1. The molecule has 0 atom stereocenters. The molecule has 9 heteroatoms. The van der Waals surface area contributed by atoms with E-state index in [9.17, 15) is 18.0 Å². The van der Waals surface area contributed by atoms with E-state index in [-0.39, 0.29) is 11.9 Å². The summed E-state index contributed by atoms with van der Waals surface area (Å²) in [5.41, 5.74) is -0.955. The molecule has 1 saturated heterocycles. The molecular weight excluding hydrogens is 341 g/mol. The third-order valence-electron chi connectivity index (χ3n) is 3.73. The minimum absolute atomic E-state index is 0.0446. The van der Waals surface area contributed by atoms with Gasteiger partial charge in [-0.15, -0.1) is 11.3 Å². The number of carbonyl (C=O) groups is 1. The lowest BCUT2D eigenvalue weighted by Gasteiger charge is -2.22. The minimum atomic E-state index is -4.50. The highest BCUT2D eigenvalue weighted by atomic mass is 32.1. The highest BCUT2D eigenvalue weighted by molar-refractivity contribution is 7.12. The second-order valence-corrected chi connectivity index (χ2v) is 6.30. The number of alkyl halides is 3. The summed E-state index contributed by atoms with van der Waals surface area (Å²) >= 11 is 1.38. The van der Waals surface area contributed by atoms with E-state index < -0.39 is 11.9 Å². The predicted octanol–water partition coefficient (Wildman–Crippen LogP) is 2.91. The number of thiophene rings is 1. The van der Waals surface area contributed by atoms with Crippen LogP contribution in [0.1, 0.15) is 21.8 Å². The second kappa shape index (κ2) is 6.76. The van der Waals surface area contributed by atoms with Crippen molar-refractivity contribution in [3.05, 3.63) is 40.3 Å². The maximum absolute atomic E-state index is 12.8. The molecule has 1 aliphatic heterocycles. The molecule has 0 bridgehead atoms. The summed E-state index contributed by atoms with van der Waals surface area (Å²) in [5.74, 6) is 0.00654. The molecule has 3 rings (SSSR count). The van der Waals surface area contributed by atoms with E-state index in [1.54, 1.807) is 15.9 Å². The number of hydrogen-bond donors (Lipinski definition) is 0. The molecule has 24 heavy (non-hydrogen) atoms. The van der Waals surface area contributed by atoms with Crippen LogP contribution in [-0.2, 0) is 6.18 Å². The molecule has 0 radical (unpaired) electrons. The first-order valence-electron chi connectivity index (χ1n) is 7.43. The fourth-order valence-corrected chi connectivity index (χ4v) is 3.23. The molecule has 1 aliphatic rings. The van der Waals surface area contributed by atoms with Crippen LogP contribution in [0.25, 0.3) is 0 Å². The van der Waals surface area contributed by atoms with Gasteiger partial charge in [-0.3, -0.25) is 4.79 Å². The minimum Gasteiger partial charge on any atom is -0.339 e. The zero-order valence-electron chi connectivity index (χ0n) is 12.7. The van der Waals surface area contributed by atoms with Gasteiger partial charge in [-0.1, -0.05) is 6.07 Å². The average Bonchev–Trinajstić information content (AvgIpc) is 2.98. The number of halogens is 3. The quantitative estimate of drug-likeness (QED) is 0.830. The van der Waals surface area contributed by atoms with Crippen LogP contribution >= 0.6 is 11.3 Å². The Kier molecular flexibility index (Phi) is 4.70. The molecule has 2 aromatic heterocycles. The Hall–Kier alpha value is -2.16.